The highest BCUT2D eigenvalue weighted by Gasteiger charge is 2.16. The molecule has 1 amide bonds. The predicted molar refractivity (Wildman–Crippen MR) is 84.5 cm³/mol. The summed E-state index contributed by atoms with van der Waals surface area (Å²) in [6.45, 7) is 5.30. The van der Waals surface area contributed by atoms with Crippen molar-refractivity contribution in [1.29, 1.82) is 0 Å². The fraction of sp³-hybridized carbons (Fsp3) is 0.533. The Kier molecular flexibility index (Phi) is 5.70. The number of halogens is 2. The molecule has 1 N–H and O–H groups in total. The lowest BCUT2D eigenvalue weighted by atomic mass is 9.99. The van der Waals surface area contributed by atoms with Crippen LogP contribution in [0, 0.1) is 5.92 Å². The first-order valence-electron chi connectivity index (χ1n) is 7.02. The first-order chi connectivity index (χ1) is 9.54. The number of nitrogens with zero attached hydrogens (tertiary/aromatic N) is 1. The highest BCUT2D eigenvalue weighted by Crippen LogP contribution is 2.25. The minimum Gasteiger partial charge on any atom is -0.326 e. The number of carbonyl (C=O) groups is 1. The summed E-state index contributed by atoms with van der Waals surface area (Å²) < 4.78 is 0. The average molecular weight is 315 g/mol. The van der Waals surface area contributed by atoms with Crippen LogP contribution in [-0.2, 0) is 4.79 Å². The molecule has 0 aromatic heterocycles. The maximum Gasteiger partial charge on any atom is 0.225 e. The van der Waals surface area contributed by atoms with Gasteiger partial charge in [-0.05, 0) is 50.0 Å². The molecule has 1 aromatic carbocycles. The molecule has 0 bridgehead atoms. The van der Waals surface area contributed by atoms with Gasteiger partial charge in [0.15, 0.2) is 0 Å². The van der Waals surface area contributed by atoms with Crippen LogP contribution in [0.1, 0.15) is 26.2 Å². The smallest absolute Gasteiger partial charge is 0.225 e. The fourth-order valence-corrected chi connectivity index (χ4v) is 2.64. The van der Waals surface area contributed by atoms with Gasteiger partial charge < -0.3 is 10.2 Å². The van der Waals surface area contributed by atoms with Crippen molar-refractivity contribution in [1.82, 2.24) is 4.90 Å². The number of benzene rings is 1. The van der Waals surface area contributed by atoms with Gasteiger partial charge in [0.05, 0.1) is 10.0 Å². The summed E-state index contributed by atoms with van der Waals surface area (Å²) in [5, 5.41) is 3.80. The van der Waals surface area contributed by atoms with Gasteiger partial charge in [-0.3, -0.25) is 4.79 Å². The summed E-state index contributed by atoms with van der Waals surface area (Å²) in [5.74, 6) is 0.832. The molecule has 1 aliphatic rings. The van der Waals surface area contributed by atoms with E-state index >= 15 is 0 Å². The number of hydrogen-bond acceptors (Lipinski definition) is 2. The second-order valence-corrected chi connectivity index (χ2v) is 6.27. The molecule has 20 heavy (non-hydrogen) atoms. The van der Waals surface area contributed by atoms with Gasteiger partial charge in [-0.15, -0.1) is 0 Å². The second kappa shape index (κ2) is 7.30. The van der Waals surface area contributed by atoms with Crippen molar-refractivity contribution in [3.8, 4) is 0 Å². The normalized spacial score (nSPS) is 17.1. The van der Waals surface area contributed by atoms with Crippen molar-refractivity contribution in [3.63, 3.8) is 0 Å². The fourth-order valence-electron chi connectivity index (χ4n) is 2.34. The SMILES string of the molecule is CC1CCN(CCC(=O)Nc2ccc(Cl)c(Cl)c2)CC1. The Morgan fingerprint density at radius 1 is 1.30 bits per heavy atom. The van der Waals surface area contributed by atoms with E-state index in [4.69, 9.17) is 23.2 Å². The van der Waals surface area contributed by atoms with Crippen LogP contribution in [-0.4, -0.2) is 30.4 Å². The molecule has 0 radical (unpaired) electrons. The molecule has 2 rings (SSSR count). The monoisotopic (exact) mass is 314 g/mol. The Labute approximate surface area is 130 Å². The lowest BCUT2D eigenvalue weighted by Gasteiger charge is -2.29. The Morgan fingerprint density at radius 3 is 2.65 bits per heavy atom. The van der Waals surface area contributed by atoms with E-state index in [1.165, 1.54) is 12.8 Å². The van der Waals surface area contributed by atoms with Gasteiger partial charge in [0.2, 0.25) is 5.91 Å². The van der Waals surface area contributed by atoms with Crippen LogP contribution < -0.4 is 5.32 Å². The van der Waals surface area contributed by atoms with Crippen molar-refractivity contribution in [3.05, 3.63) is 28.2 Å². The zero-order valence-electron chi connectivity index (χ0n) is 11.7. The maximum absolute atomic E-state index is 11.9. The van der Waals surface area contributed by atoms with Crippen LogP contribution in [0.4, 0.5) is 5.69 Å². The third kappa shape index (κ3) is 4.65. The Morgan fingerprint density at radius 2 is 2.00 bits per heavy atom. The third-order valence-corrected chi connectivity index (χ3v) is 4.47. The summed E-state index contributed by atoms with van der Waals surface area (Å²) in [7, 11) is 0. The van der Waals surface area contributed by atoms with Gasteiger partial charge in [0.25, 0.3) is 0 Å². The Balaban J connectivity index is 1.76. The van der Waals surface area contributed by atoms with E-state index in [1.807, 2.05) is 0 Å². The highest BCUT2D eigenvalue weighted by molar-refractivity contribution is 6.42. The molecular weight excluding hydrogens is 295 g/mol. The molecule has 3 nitrogen and oxygen atoms in total. The summed E-state index contributed by atoms with van der Waals surface area (Å²) in [6, 6.07) is 5.12. The van der Waals surface area contributed by atoms with Crippen LogP contribution >= 0.6 is 23.2 Å². The lowest BCUT2D eigenvalue weighted by Crippen LogP contribution is -2.35. The molecule has 0 spiro atoms. The molecule has 1 aliphatic heterocycles. The van der Waals surface area contributed by atoms with Crippen LogP contribution in [0.2, 0.25) is 10.0 Å². The summed E-state index contributed by atoms with van der Waals surface area (Å²) in [4.78, 5) is 14.3. The molecule has 1 heterocycles. The first kappa shape index (κ1) is 15.6. The van der Waals surface area contributed by atoms with Gasteiger partial charge in [0.1, 0.15) is 0 Å². The molecule has 0 saturated carbocycles. The number of anilines is 1. The zero-order chi connectivity index (χ0) is 14.5. The Hall–Kier alpha value is -0.770. The van der Waals surface area contributed by atoms with Crippen LogP contribution in [0.15, 0.2) is 18.2 Å². The second-order valence-electron chi connectivity index (χ2n) is 5.45. The van der Waals surface area contributed by atoms with E-state index < -0.39 is 0 Å². The predicted octanol–water partition coefficient (Wildman–Crippen LogP) is 4.05. The molecular formula is C15H20Cl2N2O. The van der Waals surface area contributed by atoms with Gasteiger partial charge in [-0.2, -0.15) is 0 Å². The van der Waals surface area contributed by atoms with Crippen molar-refractivity contribution in [2.24, 2.45) is 5.92 Å². The van der Waals surface area contributed by atoms with Gasteiger partial charge in [-0.1, -0.05) is 30.1 Å². The van der Waals surface area contributed by atoms with Crippen LogP contribution in [0.3, 0.4) is 0 Å². The van der Waals surface area contributed by atoms with Gasteiger partial charge in [0, 0.05) is 18.7 Å². The van der Waals surface area contributed by atoms with E-state index in [9.17, 15) is 4.79 Å². The standard InChI is InChI=1S/C15H20Cl2N2O/c1-11-4-7-19(8-5-11)9-6-15(20)18-12-2-3-13(16)14(17)10-12/h2-3,10-11H,4-9H2,1H3,(H,18,20). The first-order valence-corrected chi connectivity index (χ1v) is 7.77. The van der Waals surface area contributed by atoms with Crippen molar-refractivity contribution in [2.75, 3.05) is 25.0 Å². The zero-order valence-corrected chi connectivity index (χ0v) is 13.2. The quantitative estimate of drug-likeness (QED) is 0.909. The molecule has 0 unspecified atom stereocenters. The van der Waals surface area contributed by atoms with Crippen LogP contribution in [0.5, 0.6) is 0 Å². The van der Waals surface area contributed by atoms with Crippen molar-refractivity contribution in [2.45, 2.75) is 26.2 Å². The number of likely N-dealkylation sites (tertiary alicyclic amines) is 1. The van der Waals surface area contributed by atoms with Crippen molar-refractivity contribution < 1.29 is 4.79 Å². The Bertz CT molecular complexity index is 471. The minimum atomic E-state index is 0.0158. The van der Waals surface area contributed by atoms with E-state index in [0.29, 0.717) is 22.2 Å². The number of hydrogen-bond donors (Lipinski definition) is 1. The molecule has 1 aromatic rings. The molecule has 110 valence electrons. The largest absolute Gasteiger partial charge is 0.326 e. The number of carbonyl (C=O) groups excluding carboxylic acids is 1. The highest BCUT2D eigenvalue weighted by atomic mass is 35.5. The van der Waals surface area contributed by atoms with E-state index in [-0.39, 0.29) is 5.91 Å². The third-order valence-electron chi connectivity index (χ3n) is 3.73. The summed E-state index contributed by atoms with van der Waals surface area (Å²) in [6.07, 6.45) is 2.97. The topological polar surface area (TPSA) is 32.3 Å². The van der Waals surface area contributed by atoms with Gasteiger partial charge >= 0.3 is 0 Å². The van der Waals surface area contributed by atoms with E-state index in [1.54, 1.807) is 18.2 Å². The van der Waals surface area contributed by atoms with Crippen LogP contribution in [0.25, 0.3) is 0 Å². The molecule has 1 fully saturated rings. The summed E-state index contributed by atoms with van der Waals surface area (Å²) in [5.41, 5.74) is 0.691. The average Bonchev–Trinajstić information content (AvgIpc) is 2.42. The summed E-state index contributed by atoms with van der Waals surface area (Å²) >= 11 is 11.8. The minimum absolute atomic E-state index is 0.0158. The maximum atomic E-state index is 11.9. The molecule has 1 saturated heterocycles. The molecule has 0 aliphatic carbocycles. The molecule has 5 heteroatoms. The number of rotatable bonds is 4. The number of amides is 1. The van der Waals surface area contributed by atoms with Gasteiger partial charge in [-0.25, -0.2) is 0 Å². The lowest BCUT2D eigenvalue weighted by molar-refractivity contribution is -0.116. The number of piperidine rings is 1. The van der Waals surface area contributed by atoms with E-state index in [2.05, 4.69) is 17.1 Å². The molecule has 0 atom stereocenters. The van der Waals surface area contributed by atoms with Crippen molar-refractivity contribution >= 4 is 34.8 Å². The number of nitrogens with one attached hydrogen (secondary N) is 1. The van der Waals surface area contributed by atoms with E-state index in [0.717, 1.165) is 25.6 Å².